The smallest absolute Gasteiger partial charge is 0.190 e. The maximum atomic E-state index is 13.5. The Morgan fingerprint density at radius 2 is 2.00 bits per heavy atom. The Morgan fingerprint density at radius 3 is 2.87 bits per heavy atom. The highest BCUT2D eigenvalue weighted by molar-refractivity contribution is 14.0. The Balaban J connectivity index is 0.00000256. The first kappa shape index (κ1) is 22.0. The SMILES string of the molecule is CN=C(NCCCc1nnc2ccccn12)NCCc1c[nH]c2ccc(F)cc12.I. The van der Waals surface area contributed by atoms with Gasteiger partial charge < -0.3 is 15.6 Å². The van der Waals surface area contributed by atoms with Crippen molar-refractivity contribution in [3.63, 3.8) is 0 Å². The number of aliphatic imine (C=N–C) groups is 1. The molecule has 0 saturated carbocycles. The Labute approximate surface area is 191 Å². The van der Waals surface area contributed by atoms with Crippen LogP contribution >= 0.6 is 24.0 Å². The Bertz CT molecular complexity index is 1130. The highest BCUT2D eigenvalue weighted by Gasteiger charge is 2.06. The molecule has 0 fully saturated rings. The number of nitrogens with zero attached hydrogens (tertiary/aromatic N) is 4. The second-order valence-corrected chi connectivity index (χ2v) is 6.83. The number of halogens is 2. The molecule has 0 spiro atoms. The average molecular weight is 521 g/mol. The predicted octanol–water partition coefficient (Wildman–Crippen LogP) is 3.31. The van der Waals surface area contributed by atoms with Gasteiger partial charge in [-0.1, -0.05) is 6.07 Å². The number of H-pyrrole nitrogens is 1. The van der Waals surface area contributed by atoms with E-state index >= 15 is 0 Å². The summed E-state index contributed by atoms with van der Waals surface area (Å²) in [6.45, 7) is 1.48. The molecule has 4 rings (SSSR count). The van der Waals surface area contributed by atoms with Crippen LogP contribution in [0.3, 0.4) is 0 Å². The van der Waals surface area contributed by atoms with Gasteiger partial charge in [0.15, 0.2) is 11.6 Å². The first-order valence-corrected chi connectivity index (χ1v) is 9.73. The monoisotopic (exact) mass is 521 g/mol. The van der Waals surface area contributed by atoms with E-state index in [-0.39, 0.29) is 29.8 Å². The molecule has 0 aliphatic carbocycles. The van der Waals surface area contributed by atoms with E-state index in [0.717, 1.165) is 59.7 Å². The summed E-state index contributed by atoms with van der Waals surface area (Å²) in [4.78, 5) is 7.44. The zero-order chi connectivity index (χ0) is 20.1. The second kappa shape index (κ2) is 10.4. The number of fused-ring (bicyclic) bond motifs is 2. The lowest BCUT2D eigenvalue weighted by molar-refractivity contribution is 0.629. The number of benzene rings is 1. The van der Waals surface area contributed by atoms with Crippen LogP contribution in [-0.4, -0.2) is 45.7 Å². The lowest BCUT2D eigenvalue weighted by Crippen LogP contribution is -2.38. The van der Waals surface area contributed by atoms with Crippen molar-refractivity contribution in [1.29, 1.82) is 0 Å². The summed E-state index contributed by atoms with van der Waals surface area (Å²) < 4.78 is 15.5. The molecule has 0 atom stereocenters. The van der Waals surface area contributed by atoms with E-state index in [0.29, 0.717) is 6.54 Å². The van der Waals surface area contributed by atoms with E-state index < -0.39 is 0 Å². The molecule has 0 aliphatic rings. The van der Waals surface area contributed by atoms with Crippen LogP contribution in [0.5, 0.6) is 0 Å². The molecule has 3 N–H and O–H groups in total. The van der Waals surface area contributed by atoms with Crippen molar-refractivity contribution in [2.45, 2.75) is 19.3 Å². The minimum absolute atomic E-state index is 0. The van der Waals surface area contributed by atoms with Crippen molar-refractivity contribution in [2.75, 3.05) is 20.1 Å². The third-order valence-electron chi connectivity index (χ3n) is 4.89. The second-order valence-electron chi connectivity index (χ2n) is 6.83. The van der Waals surface area contributed by atoms with Crippen molar-refractivity contribution in [3.8, 4) is 0 Å². The third-order valence-corrected chi connectivity index (χ3v) is 4.89. The number of rotatable bonds is 7. The molecule has 7 nitrogen and oxygen atoms in total. The molecule has 1 aromatic carbocycles. The summed E-state index contributed by atoms with van der Waals surface area (Å²) in [6.07, 6.45) is 6.43. The number of pyridine rings is 1. The molecule has 0 amide bonds. The van der Waals surface area contributed by atoms with Gasteiger partial charge in [-0.2, -0.15) is 0 Å². The first-order valence-electron chi connectivity index (χ1n) is 9.73. The number of hydrogen-bond donors (Lipinski definition) is 3. The van der Waals surface area contributed by atoms with Gasteiger partial charge in [0, 0.05) is 49.9 Å². The molecule has 0 unspecified atom stereocenters. The van der Waals surface area contributed by atoms with Gasteiger partial charge in [-0.05, 0) is 48.7 Å². The molecule has 4 aromatic rings. The van der Waals surface area contributed by atoms with Crippen LogP contribution in [0.2, 0.25) is 0 Å². The molecule has 0 radical (unpaired) electrons. The lowest BCUT2D eigenvalue weighted by Gasteiger charge is -2.11. The molecule has 3 aromatic heterocycles. The van der Waals surface area contributed by atoms with Gasteiger partial charge >= 0.3 is 0 Å². The van der Waals surface area contributed by atoms with Gasteiger partial charge in [0.2, 0.25) is 0 Å². The summed E-state index contributed by atoms with van der Waals surface area (Å²) in [5.74, 6) is 1.49. The highest BCUT2D eigenvalue weighted by Crippen LogP contribution is 2.19. The number of guanidine groups is 1. The quantitative estimate of drug-likeness (QED) is 0.151. The van der Waals surface area contributed by atoms with Gasteiger partial charge in [-0.3, -0.25) is 9.39 Å². The number of aromatic nitrogens is 4. The molecule has 3 heterocycles. The first-order chi connectivity index (χ1) is 14.2. The summed E-state index contributed by atoms with van der Waals surface area (Å²) in [7, 11) is 1.75. The van der Waals surface area contributed by atoms with Gasteiger partial charge in [-0.25, -0.2) is 4.39 Å². The van der Waals surface area contributed by atoms with E-state index in [2.05, 4.69) is 30.8 Å². The molecule has 0 saturated heterocycles. The third kappa shape index (κ3) is 5.07. The van der Waals surface area contributed by atoms with Crippen molar-refractivity contribution in [2.24, 2.45) is 4.99 Å². The minimum atomic E-state index is -0.218. The van der Waals surface area contributed by atoms with E-state index in [4.69, 9.17) is 0 Å². The van der Waals surface area contributed by atoms with Crippen molar-refractivity contribution in [1.82, 2.24) is 30.2 Å². The predicted molar refractivity (Wildman–Crippen MR) is 128 cm³/mol. The Hall–Kier alpha value is -2.69. The normalized spacial score (nSPS) is 11.6. The molecule has 158 valence electrons. The number of aryl methyl sites for hydroxylation is 1. The number of aromatic amines is 1. The van der Waals surface area contributed by atoms with E-state index in [1.54, 1.807) is 19.2 Å². The largest absolute Gasteiger partial charge is 0.361 e. The van der Waals surface area contributed by atoms with Gasteiger partial charge in [0.25, 0.3) is 0 Å². The summed E-state index contributed by atoms with van der Waals surface area (Å²) in [5.41, 5.74) is 2.90. The van der Waals surface area contributed by atoms with E-state index in [1.165, 1.54) is 6.07 Å². The van der Waals surface area contributed by atoms with Crippen molar-refractivity contribution < 1.29 is 4.39 Å². The van der Waals surface area contributed by atoms with E-state index in [9.17, 15) is 4.39 Å². The van der Waals surface area contributed by atoms with Crippen LogP contribution in [0.25, 0.3) is 16.6 Å². The summed E-state index contributed by atoms with van der Waals surface area (Å²) in [6, 6.07) is 10.7. The molecule has 9 heteroatoms. The number of nitrogens with one attached hydrogen (secondary N) is 3. The van der Waals surface area contributed by atoms with E-state index in [1.807, 2.05) is 35.0 Å². The lowest BCUT2D eigenvalue weighted by atomic mass is 10.1. The van der Waals surface area contributed by atoms with Crippen LogP contribution in [-0.2, 0) is 12.8 Å². The Kier molecular flexibility index (Phi) is 7.61. The van der Waals surface area contributed by atoms with Crippen LogP contribution in [0.4, 0.5) is 4.39 Å². The van der Waals surface area contributed by atoms with Crippen LogP contribution in [0.1, 0.15) is 17.8 Å². The molecule has 0 aliphatic heterocycles. The average Bonchev–Trinajstić information content (AvgIpc) is 3.34. The zero-order valence-electron chi connectivity index (χ0n) is 16.7. The fourth-order valence-electron chi connectivity index (χ4n) is 3.41. The molecular weight excluding hydrogens is 496 g/mol. The zero-order valence-corrected chi connectivity index (χ0v) is 19.1. The van der Waals surface area contributed by atoms with Gasteiger partial charge in [0.1, 0.15) is 11.6 Å². The molecule has 0 bridgehead atoms. The number of hydrogen-bond acceptors (Lipinski definition) is 3. The fraction of sp³-hybridized carbons (Fsp3) is 0.286. The summed E-state index contributed by atoms with van der Waals surface area (Å²) >= 11 is 0. The summed E-state index contributed by atoms with van der Waals surface area (Å²) in [5, 5.41) is 16.0. The van der Waals surface area contributed by atoms with Crippen LogP contribution in [0, 0.1) is 5.82 Å². The molecular formula is C21H25FIN7. The maximum Gasteiger partial charge on any atom is 0.190 e. The topological polar surface area (TPSA) is 82.4 Å². The van der Waals surface area contributed by atoms with Crippen LogP contribution < -0.4 is 10.6 Å². The molecule has 30 heavy (non-hydrogen) atoms. The standard InChI is InChI=1S/C21H24FN7.HI/c1-23-21(24-10-4-6-20-28-27-19-5-2-3-12-29(19)20)25-11-9-15-14-26-18-8-7-16(22)13-17(15)18;/h2-3,5,7-8,12-14,26H,4,6,9-11H2,1H3,(H2,23,24,25);1H. The van der Waals surface area contributed by atoms with Crippen LogP contribution in [0.15, 0.2) is 53.8 Å². The van der Waals surface area contributed by atoms with Crippen molar-refractivity contribution in [3.05, 3.63) is 66.0 Å². The van der Waals surface area contributed by atoms with Gasteiger partial charge in [-0.15, -0.1) is 34.2 Å². The van der Waals surface area contributed by atoms with Gasteiger partial charge in [0.05, 0.1) is 0 Å². The fourth-order valence-corrected chi connectivity index (χ4v) is 3.41. The van der Waals surface area contributed by atoms with Crippen molar-refractivity contribution >= 4 is 46.5 Å². The maximum absolute atomic E-state index is 13.5. The minimum Gasteiger partial charge on any atom is -0.361 e. The Morgan fingerprint density at radius 1 is 1.13 bits per heavy atom. The highest BCUT2D eigenvalue weighted by atomic mass is 127.